The number of hydrogen-bond acceptors (Lipinski definition) is 3. The Balaban J connectivity index is 2.14. The smallest absolute Gasteiger partial charge is 0.269 e. The Labute approximate surface area is 92.3 Å². The van der Waals surface area contributed by atoms with E-state index in [4.69, 9.17) is 4.74 Å². The zero-order valence-corrected chi connectivity index (χ0v) is 8.29. The predicted octanol–water partition coefficient (Wildman–Crippen LogP) is 3.19. The average molecular weight is 214 g/mol. The topological polar surface area (TPSA) is 52.4 Å². The van der Waals surface area contributed by atoms with E-state index in [0.717, 1.165) is 0 Å². The fourth-order valence-electron chi connectivity index (χ4n) is 1.21. The highest BCUT2D eigenvalue weighted by molar-refractivity contribution is 5.38. The van der Waals surface area contributed by atoms with Gasteiger partial charge in [-0.15, -0.1) is 0 Å². The lowest BCUT2D eigenvalue weighted by atomic mass is 10.3. The van der Waals surface area contributed by atoms with Gasteiger partial charge in [0.15, 0.2) is 0 Å². The molecule has 2 aromatic carbocycles. The molecule has 1 radical (unpaired) electrons. The molecule has 0 fully saturated rings. The van der Waals surface area contributed by atoms with Gasteiger partial charge in [-0.05, 0) is 30.3 Å². The maximum absolute atomic E-state index is 10.4. The van der Waals surface area contributed by atoms with E-state index >= 15 is 0 Å². The number of rotatable bonds is 3. The fraction of sp³-hybridized carbons (Fsp3) is 0. The molecular weight excluding hydrogens is 206 g/mol. The molecule has 0 saturated carbocycles. The minimum Gasteiger partial charge on any atom is -0.457 e. The molecule has 2 rings (SSSR count). The van der Waals surface area contributed by atoms with Gasteiger partial charge in [0.25, 0.3) is 5.69 Å². The molecule has 0 bridgehead atoms. The number of hydrogen-bond donors (Lipinski definition) is 0. The molecule has 0 spiro atoms. The van der Waals surface area contributed by atoms with Crippen molar-refractivity contribution in [1.29, 1.82) is 0 Å². The minimum atomic E-state index is -0.443. The van der Waals surface area contributed by atoms with Crippen molar-refractivity contribution in [2.75, 3.05) is 0 Å². The highest BCUT2D eigenvalue weighted by Gasteiger charge is 2.04. The molecule has 0 N–H and O–H groups in total. The molecule has 4 heteroatoms. The summed E-state index contributed by atoms with van der Waals surface area (Å²) in [6.07, 6.45) is 0. The second-order valence-electron chi connectivity index (χ2n) is 3.09. The Kier molecular flexibility index (Phi) is 2.82. The molecular formula is C12H8NO3. The third-order valence-electron chi connectivity index (χ3n) is 1.97. The maximum Gasteiger partial charge on any atom is 0.269 e. The number of nitro benzene ring substituents is 1. The van der Waals surface area contributed by atoms with Gasteiger partial charge in [-0.25, -0.2) is 0 Å². The van der Waals surface area contributed by atoms with Crippen LogP contribution in [0.1, 0.15) is 0 Å². The van der Waals surface area contributed by atoms with Crippen LogP contribution >= 0.6 is 0 Å². The van der Waals surface area contributed by atoms with Gasteiger partial charge in [0.2, 0.25) is 0 Å². The Bertz CT molecular complexity index is 479. The van der Waals surface area contributed by atoms with E-state index in [1.807, 2.05) is 0 Å². The van der Waals surface area contributed by atoms with Crippen LogP contribution in [0.4, 0.5) is 5.69 Å². The average Bonchev–Trinajstić information content (AvgIpc) is 2.31. The van der Waals surface area contributed by atoms with E-state index in [9.17, 15) is 10.1 Å². The summed E-state index contributed by atoms with van der Waals surface area (Å²) < 4.78 is 5.47. The van der Waals surface area contributed by atoms with Gasteiger partial charge in [0, 0.05) is 12.1 Å². The van der Waals surface area contributed by atoms with Crippen LogP contribution in [0.25, 0.3) is 0 Å². The van der Waals surface area contributed by atoms with Crippen LogP contribution in [-0.2, 0) is 0 Å². The van der Waals surface area contributed by atoms with Crippen molar-refractivity contribution in [3.8, 4) is 11.5 Å². The van der Waals surface area contributed by atoms with Crippen molar-refractivity contribution in [2.45, 2.75) is 0 Å². The molecule has 4 nitrogen and oxygen atoms in total. The zero-order valence-electron chi connectivity index (χ0n) is 8.29. The predicted molar refractivity (Wildman–Crippen MR) is 58.4 cm³/mol. The molecule has 0 aliphatic carbocycles. The SMILES string of the molecule is O=[N+]([O-])c1ccc(Oc2cc[c]cc2)cc1. The van der Waals surface area contributed by atoms with Gasteiger partial charge < -0.3 is 4.74 Å². The standard InChI is InChI=1S/C12H8NO3/c14-13(15)10-6-8-12(9-7-10)16-11-4-2-1-3-5-11/h2-9H. The van der Waals surface area contributed by atoms with E-state index < -0.39 is 4.92 Å². The fourth-order valence-corrected chi connectivity index (χ4v) is 1.21. The normalized spacial score (nSPS) is 9.75. The summed E-state index contributed by atoms with van der Waals surface area (Å²) in [5, 5.41) is 10.4. The number of benzene rings is 2. The van der Waals surface area contributed by atoms with Gasteiger partial charge in [0.1, 0.15) is 11.5 Å². The van der Waals surface area contributed by atoms with Crippen LogP contribution in [-0.4, -0.2) is 4.92 Å². The molecule has 0 unspecified atom stereocenters. The van der Waals surface area contributed by atoms with Crippen LogP contribution < -0.4 is 4.74 Å². The number of nitro groups is 1. The molecule has 0 aromatic heterocycles. The minimum absolute atomic E-state index is 0.0498. The van der Waals surface area contributed by atoms with Crippen molar-refractivity contribution >= 4 is 5.69 Å². The molecule has 0 aliphatic rings. The van der Waals surface area contributed by atoms with Gasteiger partial charge >= 0.3 is 0 Å². The van der Waals surface area contributed by atoms with Gasteiger partial charge in [-0.3, -0.25) is 10.1 Å². The first-order valence-electron chi connectivity index (χ1n) is 4.64. The van der Waals surface area contributed by atoms with Crippen LogP contribution in [0, 0.1) is 16.2 Å². The van der Waals surface area contributed by atoms with Gasteiger partial charge in [-0.2, -0.15) is 0 Å². The molecule has 79 valence electrons. The van der Waals surface area contributed by atoms with E-state index in [1.165, 1.54) is 12.1 Å². The van der Waals surface area contributed by atoms with E-state index in [1.54, 1.807) is 36.4 Å². The Hall–Kier alpha value is -2.36. The number of non-ortho nitro benzene ring substituents is 1. The molecule has 0 saturated heterocycles. The molecule has 16 heavy (non-hydrogen) atoms. The lowest BCUT2D eigenvalue weighted by molar-refractivity contribution is -0.384. The third-order valence-corrected chi connectivity index (χ3v) is 1.97. The first-order chi connectivity index (χ1) is 7.75. The maximum atomic E-state index is 10.4. The second kappa shape index (κ2) is 4.44. The zero-order chi connectivity index (χ0) is 11.4. The summed E-state index contributed by atoms with van der Waals surface area (Å²) in [7, 11) is 0. The van der Waals surface area contributed by atoms with Crippen molar-refractivity contribution in [2.24, 2.45) is 0 Å². The van der Waals surface area contributed by atoms with Crippen LogP contribution in [0.3, 0.4) is 0 Å². The Morgan fingerprint density at radius 1 is 1.00 bits per heavy atom. The van der Waals surface area contributed by atoms with E-state index in [2.05, 4.69) is 6.07 Å². The van der Waals surface area contributed by atoms with E-state index in [-0.39, 0.29) is 5.69 Å². The van der Waals surface area contributed by atoms with Gasteiger partial charge in [0.05, 0.1) is 4.92 Å². The monoisotopic (exact) mass is 214 g/mol. The van der Waals surface area contributed by atoms with Crippen molar-refractivity contribution in [1.82, 2.24) is 0 Å². The lowest BCUT2D eigenvalue weighted by Gasteiger charge is -2.04. The first kappa shape index (κ1) is 10.2. The Morgan fingerprint density at radius 2 is 1.56 bits per heavy atom. The molecule has 0 heterocycles. The summed E-state index contributed by atoms with van der Waals surface area (Å²) in [5.41, 5.74) is 0.0498. The largest absolute Gasteiger partial charge is 0.457 e. The van der Waals surface area contributed by atoms with Crippen LogP contribution in [0.15, 0.2) is 48.5 Å². The quantitative estimate of drug-likeness (QED) is 0.582. The first-order valence-corrected chi connectivity index (χ1v) is 4.64. The molecule has 0 amide bonds. The summed E-state index contributed by atoms with van der Waals surface area (Å²) >= 11 is 0. The highest BCUT2D eigenvalue weighted by Crippen LogP contribution is 2.23. The molecule has 0 aliphatic heterocycles. The number of nitrogens with zero attached hydrogens (tertiary/aromatic N) is 1. The van der Waals surface area contributed by atoms with Crippen molar-refractivity contribution in [3.63, 3.8) is 0 Å². The second-order valence-corrected chi connectivity index (χ2v) is 3.09. The summed E-state index contributed by atoms with van der Waals surface area (Å²) in [6, 6.07) is 15.8. The molecule has 2 aromatic rings. The summed E-state index contributed by atoms with van der Waals surface area (Å²) in [4.78, 5) is 9.99. The van der Waals surface area contributed by atoms with Crippen LogP contribution in [0.5, 0.6) is 11.5 Å². The highest BCUT2D eigenvalue weighted by atomic mass is 16.6. The summed E-state index contributed by atoms with van der Waals surface area (Å²) in [6.45, 7) is 0. The summed E-state index contributed by atoms with van der Waals surface area (Å²) in [5.74, 6) is 1.24. The van der Waals surface area contributed by atoms with Crippen molar-refractivity contribution in [3.05, 3.63) is 64.7 Å². The van der Waals surface area contributed by atoms with Crippen molar-refractivity contribution < 1.29 is 9.66 Å². The number of ether oxygens (including phenoxy) is 1. The van der Waals surface area contributed by atoms with E-state index in [0.29, 0.717) is 11.5 Å². The van der Waals surface area contributed by atoms with Crippen LogP contribution in [0.2, 0.25) is 0 Å². The molecule has 0 atom stereocenters. The van der Waals surface area contributed by atoms with Gasteiger partial charge in [-0.1, -0.05) is 12.1 Å². The third kappa shape index (κ3) is 2.36. The Morgan fingerprint density at radius 3 is 2.12 bits per heavy atom. The lowest BCUT2D eigenvalue weighted by Crippen LogP contribution is -1.88.